The molecule has 0 spiro atoms. The third-order valence-corrected chi connectivity index (χ3v) is 3.74. The van der Waals surface area contributed by atoms with Crippen molar-refractivity contribution in [3.8, 4) is 5.75 Å². The maximum atomic E-state index is 12.2. The lowest BCUT2D eigenvalue weighted by Crippen LogP contribution is -2.33. The van der Waals surface area contributed by atoms with Crippen LogP contribution in [0.2, 0.25) is 0 Å². The number of hydrogen-bond acceptors (Lipinski definition) is 2. The highest BCUT2D eigenvalue weighted by atomic mass is 16.5. The third-order valence-electron chi connectivity index (χ3n) is 3.74. The van der Waals surface area contributed by atoms with Gasteiger partial charge in [-0.1, -0.05) is 48.0 Å². The quantitative estimate of drug-likeness (QED) is 0.938. The molecule has 108 valence electrons. The van der Waals surface area contributed by atoms with Gasteiger partial charge in [0.05, 0.1) is 19.1 Å². The van der Waals surface area contributed by atoms with Crippen molar-refractivity contribution in [1.82, 2.24) is 5.32 Å². The molecule has 3 rings (SSSR count). The van der Waals surface area contributed by atoms with Gasteiger partial charge in [0.25, 0.3) is 0 Å². The molecule has 0 bridgehead atoms. The molecule has 1 atom stereocenters. The highest BCUT2D eigenvalue weighted by molar-refractivity contribution is 5.79. The number of hydrogen-bond donors (Lipinski definition) is 1. The van der Waals surface area contributed by atoms with Crippen molar-refractivity contribution in [2.24, 2.45) is 0 Å². The molecule has 0 fully saturated rings. The van der Waals surface area contributed by atoms with Crippen LogP contribution in [0.5, 0.6) is 5.75 Å². The Labute approximate surface area is 124 Å². The van der Waals surface area contributed by atoms with Crippen LogP contribution in [0.3, 0.4) is 0 Å². The van der Waals surface area contributed by atoms with Gasteiger partial charge in [-0.3, -0.25) is 4.79 Å². The van der Waals surface area contributed by atoms with Gasteiger partial charge in [0, 0.05) is 12.0 Å². The monoisotopic (exact) mass is 281 g/mol. The summed E-state index contributed by atoms with van der Waals surface area (Å²) in [5, 5.41) is 3.12. The first-order valence-corrected chi connectivity index (χ1v) is 7.29. The van der Waals surface area contributed by atoms with Gasteiger partial charge in [-0.25, -0.2) is 0 Å². The van der Waals surface area contributed by atoms with E-state index >= 15 is 0 Å². The van der Waals surface area contributed by atoms with E-state index in [1.54, 1.807) is 0 Å². The van der Waals surface area contributed by atoms with Crippen molar-refractivity contribution in [1.29, 1.82) is 0 Å². The van der Waals surface area contributed by atoms with Crippen molar-refractivity contribution >= 4 is 5.91 Å². The maximum absolute atomic E-state index is 12.2. The zero-order valence-electron chi connectivity index (χ0n) is 12.1. The minimum atomic E-state index is 0.0484. The second kappa shape index (κ2) is 6.00. The maximum Gasteiger partial charge on any atom is 0.224 e. The second-order valence-electron chi connectivity index (χ2n) is 5.46. The van der Waals surface area contributed by atoms with Gasteiger partial charge >= 0.3 is 0 Å². The Bertz CT molecular complexity index is 651. The van der Waals surface area contributed by atoms with Crippen LogP contribution in [0, 0.1) is 6.92 Å². The molecule has 0 saturated carbocycles. The Morgan fingerprint density at radius 2 is 2.10 bits per heavy atom. The second-order valence-corrected chi connectivity index (χ2v) is 5.46. The summed E-state index contributed by atoms with van der Waals surface area (Å²) in [5.41, 5.74) is 3.30. The molecule has 2 aromatic carbocycles. The molecule has 1 N–H and O–H groups in total. The first kappa shape index (κ1) is 13.7. The highest BCUT2D eigenvalue weighted by Gasteiger charge is 2.22. The number of ether oxygens (including phenoxy) is 1. The normalized spacial score (nSPS) is 16.7. The summed E-state index contributed by atoms with van der Waals surface area (Å²) in [4.78, 5) is 12.2. The van der Waals surface area contributed by atoms with Crippen LogP contribution in [-0.4, -0.2) is 12.5 Å². The summed E-state index contributed by atoms with van der Waals surface area (Å²) in [7, 11) is 0. The lowest BCUT2D eigenvalue weighted by molar-refractivity contribution is -0.121. The first-order chi connectivity index (χ1) is 10.2. The number of rotatable bonds is 3. The Morgan fingerprint density at radius 1 is 1.24 bits per heavy atom. The molecular formula is C18H19NO2. The minimum absolute atomic E-state index is 0.0484. The van der Waals surface area contributed by atoms with E-state index in [1.165, 1.54) is 5.56 Å². The molecule has 1 aliphatic heterocycles. The average Bonchev–Trinajstić information content (AvgIpc) is 2.47. The topological polar surface area (TPSA) is 38.3 Å². The van der Waals surface area contributed by atoms with Crippen LogP contribution in [0.15, 0.2) is 48.5 Å². The van der Waals surface area contributed by atoms with Crippen LogP contribution in [0.1, 0.15) is 29.2 Å². The van der Waals surface area contributed by atoms with Crippen LogP contribution in [-0.2, 0) is 11.2 Å². The summed E-state index contributed by atoms with van der Waals surface area (Å²) in [6, 6.07) is 16.0. The van der Waals surface area contributed by atoms with Gasteiger partial charge in [0.15, 0.2) is 0 Å². The van der Waals surface area contributed by atoms with Crippen LogP contribution in [0.25, 0.3) is 0 Å². The van der Waals surface area contributed by atoms with E-state index in [2.05, 4.69) is 11.4 Å². The predicted octanol–water partition coefficient (Wildman–Crippen LogP) is 3.18. The number of para-hydroxylation sites is 1. The van der Waals surface area contributed by atoms with Gasteiger partial charge in [0.2, 0.25) is 5.91 Å². The van der Waals surface area contributed by atoms with E-state index in [4.69, 9.17) is 4.74 Å². The lowest BCUT2D eigenvalue weighted by atomic mass is 10.00. The number of fused-ring (bicyclic) bond motifs is 1. The summed E-state index contributed by atoms with van der Waals surface area (Å²) in [6.07, 6.45) is 1.23. The molecule has 21 heavy (non-hydrogen) atoms. The SMILES string of the molecule is Cc1cccc(CC(=O)NC2CCOc3ccccc32)c1. The van der Waals surface area contributed by atoms with Crippen molar-refractivity contribution < 1.29 is 9.53 Å². The lowest BCUT2D eigenvalue weighted by Gasteiger charge is -2.26. The molecule has 0 saturated heterocycles. The van der Waals surface area contributed by atoms with E-state index in [0.29, 0.717) is 13.0 Å². The molecule has 1 unspecified atom stereocenters. The van der Waals surface area contributed by atoms with Crippen LogP contribution < -0.4 is 10.1 Å². The molecule has 3 heteroatoms. The molecule has 3 nitrogen and oxygen atoms in total. The summed E-state index contributed by atoms with van der Waals surface area (Å²) in [6.45, 7) is 2.68. The number of nitrogens with one attached hydrogen (secondary N) is 1. The fraction of sp³-hybridized carbons (Fsp3) is 0.278. The van der Waals surface area contributed by atoms with Crippen molar-refractivity contribution in [2.45, 2.75) is 25.8 Å². The van der Waals surface area contributed by atoms with Gasteiger partial charge in [-0.15, -0.1) is 0 Å². The van der Waals surface area contributed by atoms with E-state index in [9.17, 15) is 4.79 Å². The molecule has 1 aliphatic rings. The highest BCUT2D eigenvalue weighted by Crippen LogP contribution is 2.31. The molecule has 0 radical (unpaired) electrons. The standard InChI is InChI=1S/C18H19NO2/c1-13-5-4-6-14(11-13)12-18(20)19-16-9-10-21-17-8-3-2-7-15(16)17/h2-8,11,16H,9-10,12H2,1H3,(H,19,20). The Balaban J connectivity index is 1.68. The van der Waals surface area contributed by atoms with Gasteiger partial charge in [-0.05, 0) is 18.6 Å². The average molecular weight is 281 g/mol. The first-order valence-electron chi connectivity index (χ1n) is 7.29. The van der Waals surface area contributed by atoms with Crippen molar-refractivity contribution in [2.75, 3.05) is 6.61 Å². The number of carbonyl (C=O) groups excluding carboxylic acids is 1. The molecule has 1 amide bonds. The zero-order chi connectivity index (χ0) is 14.7. The Morgan fingerprint density at radius 3 is 2.95 bits per heavy atom. The summed E-state index contributed by atoms with van der Waals surface area (Å²) in [5.74, 6) is 0.937. The Hall–Kier alpha value is -2.29. The van der Waals surface area contributed by atoms with Gasteiger partial charge in [-0.2, -0.15) is 0 Å². The fourth-order valence-electron chi connectivity index (χ4n) is 2.74. The molecule has 1 heterocycles. The number of amides is 1. The Kier molecular flexibility index (Phi) is 3.91. The summed E-state index contributed by atoms with van der Waals surface area (Å²) < 4.78 is 5.62. The van der Waals surface area contributed by atoms with Crippen LogP contribution in [0.4, 0.5) is 0 Å². The predicted molar refractivity (Wildman–Crippen MR) is 82.3 cm³/mol. The third kappa shape index (κ3) is 3.24. The zero-order valence-corrected chi connectivity index (χ0v) is 12.1. The van der Waals surface area contributed by atoms with E-state index < -0.39 is 0 Å². The van der Waals surface area contributed by atoms with Gasteiger partial charge in [0.1, 0.15) is 5.75 Å². The number of benzene rings is 2. The fourth-order valence-corrected chi connectivity index (χ4v) is 2.74. The van der Waals surface area contributed by atoms with Crippen molar-refractivity contribution in [3.63, 3.8) is 0 Å². The van der Waals surface area contributed by atoms with Gasteiger partial charge < -0.3 is 10.1 Å². The summed E-state index contributed by atoms with van der Waals surface area (Å²) >= 11 is 0. The molecule has 0 aliphatic carbocycles. The molecule has 2 aromatic rings. The molecular weight excluding hydrogens is 262 g/mol. The number of carbonyl (C=O) groups is 1. The van der Waals surface area contributed by atoms with Crippen LogP contribution >= 0.6 is 0 Å². The van der Waals surface area contributed by atoms with E-state index in [-0.39, 0.29) is 11.9 Å². The van der Waals surface area contributed by atoms with E-state index in [0.717, 1.165) is 23.3 Å². The van der Waals surface area contributed by atoms with Crippen molar-refractivity contribution in [3.05, 3.63) is 65.2 Å². The molecule has 0 aromatic heterocycles. The number of aryl methyl sites for hydroxylation is 1. The van der Waals surface area contributed by atoms with E-state index in [1.807, 2.05) is 49.4 Å². The minimum Gasteiger partial charge on any atom is -0.493 e. The largest absolute Gasteiger partial charge is 0.493 e. The smallest absolute Gasteiger partial charge is 0.224 e.